The fraction of sp³-hybridized carbons (Fsp3) is 0.650. The lowest BCUT2D eigenvalue weighted by molar-refractivity contribution is 0.132. The lowest BCUT2D eigenvalue weighted by Crippen LogP contribution is -2.46. The Balaban J connectivity index is 1.83. The van der Waals surface area contributed by atoms with Gasteiger partial charge in [0.05, 0.1) is 7.11 Å². The Morgan fingerprint density at radius 3 is 2.48 bits per heavy atom. The standard InChI is InChI=1S/C20H33N3O2/c1-5-22(15-18-10-12-23(13-11-18)20(24)21-3)16(2)14-17-6-8-19(25-4)9-7-17/h6-9,16,18H,5,10-15H2,1-4H3,(H,21,24). The van der Waals surface area contributed by atoms with Gasteiger partial charge in [0.15, 0.2) is 0 Å². The van der Waals surface area contributed by atoms with Crippen LogP contribution in [0.25, 0.3) is 0 Å². The Morgan fingerprint density at radius 1 is 1.32 bits per heavy atom. The molecule has 1 fully saturated rings. The number of piperidine rings is 1. The molecule has 25 heavy (non-hydrogen) atoms. The second-order valence-electron chi connectivity index (χ2n) is 6.97. The molecule has 1 atom stereocenters. The molecule has 0 saturated carbocycles. The Kier molecular flexibility index (Phi) is 7.56. The maximum absolute atomic E-state index is 11.7. The van der Waals surface area contributed by atoms with Crippen LogP contribution in [-0.4, -0.2) is 62.2 Å². The van der Waals surface area contributed by atoms with E-state index in [1.54, 1.807) is 14.2 Å². The molecule has 2 amide bonds. The summed E-state index contributed by atoms with van der Waals surface area (Å²) in [6, 6.07) is 8.95. The topological polar surface area (TPSA) is 44.8 Å². The normalized spacial score (nSPS) is 16.8. The zero-order chi connectivity index (χ0) is 18.2. The largest absolute Gasteiger partial charge is 0.497 e. The van der Waals surface area contributed by atoms with Crippen molar-refractivity contribution in [2.24, 2.45) is 5.92 Å². The number of methoxy groups -OCH3 is 1. The van der Waals surface area contributed by atoms with Gasteiger partial charge < -0.3 is 19.9 Å². The SMILES string of the molecule is CCN(CC1CCN(C(=O)NC)CC1)C(C)Cc1ccc(OC)cc1. The number of amides is 2. The molecule has 5 nitrogen and oxygen atoms in total. The second-order valence-corrected chi connectivity index (χ2v) is 6.97. The summed E-state index contributed by atoms with van der Waals surface area (Å²) in [5.74, 6) is 1.59. The number of urea groups is 1. The van der Waals surface area contributed by atoms with Crippen LogP contribution in [0, 0.1) is 5.92 Å². The third-order valence-corrected chi connectivity index (χ3v) is 5.33. The number of likely N-dealkylation sites (tertiary alicyclic amines) is 1. The van der Waals surface area contributed by atoms with Crippen LogP contribution in [0.4, 0.5) is 4.79 Å². The molecule has 1 unspecified atom stereocenters. The summed E-state index contributed by atoms with van der Waals surface area (Å²) < 4.78 is 5.23. The van der Waals surface area contributed by atoms with Crippen molar-refractivity contribution in [2.45, 2.75) is 39.2 Å². The molecule has 1 heterocycles. The third kappa shape index (κ3) is 5.63. The van der Waals surface area contributed by atoms with E-state index >= 15 is 0 Å². The zero-order valence-electron chi connectivity index (χ0n) is 16.1. The molecule has 1 aromatic carbocycles. The summed E-state index contributed by atoms with van der Waals surface area (Å²) in [6.07, 6.45) is 3.24. The van der Waals surface area contributed by atoms with Crippen molar-refractivity contribution in [2.75, 3.05) is 40.3 Å². The van der Waals surface area contributed by atoms with Crippen molar-refractivity contribution in [1.29, 1.82) is 0 Å². The van der Waals surface area contributed by atoms with E-state index in [2.05, 4.69) is 36.2 Å². The molecular formula is C20H33N3O2. The van der Waals surface area contributed by atoms with Gasteiger partial charge in [-0.1, -0.05) is 19.1 Å². The first-order valence-electron chi connectivity index (χ1n) is 9.41. The van der Waals surface area contributed by atoms with Gasteiger partial charge in [-0.15, -0.1) is 0 Å². The smallest absolute Gasteiger partial charge is 0.317 e. The van der Waals surface area contributed by atoms with E-state index in [-0.39, 0.29) is 6.03 Å². The molecule has 0 bridgehead atoms. The molecule has 0 radical (unpaired) electrons. The highest BCUT2D eigenvalue weighted by Crippen LogP contribution is 2.21. The number of nitrogens with one attached hydrogen (secondary N) is 1. The lowest BCUT2D eigenvalue weighted by atomic mass is 9.95. The number of ether oxygens (including phenoxy) is 1. The van der Waals surface area contributed by atoms with Gasteiger partial charge in [0, 0.05) is 32.7 Å². The Labute approximate surface area is 152 Å². The highest BCUT2D eigenvalue weighted by molar-refractivity contribution is 5.73. The fourth-order valence-corrected chi connectivity index (χ4v) is 3.66. The number of hydrogen-bond donors (Lipinski definition) is 1. The van der Waals surface area contributed by atoms with Gasteiger partial charge in [-0.05, 0) is 56.3 Å². The summed E-state index contributed by atoms with van der Waals surface area (Å²) in [7, 11) is 3.40. The molecule has 0 spiro atoms. The van der Waals surface area contributed by atoms with Crippen LogP contribution in [0.2, 0.25) is 0 Å². The summed E-state index contributed by atoms with van der Waals surface area (Å²) in [6.45, 7) is 8.48. The van der Waals surface area contributed by atoms with Crippen LogP contribution in [0.5, 0.6) is 5.75 Å². The minimum atomic E-state index is 0.0543. The third-order valence-electron chi connectivity index (χ3n) is 5.33. The quantitative estimate of drug-likeness (QED) is 0.825. The van der Waals surface area contributed by atoms with Crippen LogP contribution >= 0.6 is 0 Å². The average molecular weight is 348 g/mol. The minimum absolute atomic E-state index is 0.0543. The number of likely N-dealkylation sites (N-methyl/N-ethyl adjacent to an activating group) is 1. The van der Waals surface area contributed by atoms with Crippen LogP contribution in [0.1, 0.15) is 32.3 Å². The number of carbonyl (C=O) groups excluding carboxylic acids is 1. The molecule has 1 aliphatic rings. The molecule has 0 aromatic heterocycles. The van der Waals surface area contributed by atoms with Gasteiger partial charge in [0.2, 0.25) is 0 Å². The van der Waals surface area contributed by atoms with E-state index in [9.17, 15) is 4.79 Å². The summed E-state index contributed by atoms with van der Waals surface area (Å²) in [5.41, 5.74) is 1.35. The van der Waals surface area contributed by atoms with Crippen molar-refractivity contribution in [1.82, 2.24) is 15.1 Å². The predicted octanol–water partition coefficient (Wildman–Crippen LogP) is 3.00. The minimum Gasteiger partial charge on any atom is -0.497 e. The van der Waals surface area contributed by atoms with E-state index < -0.39 is 0 Å². The highest BCUT2D eigenvalue weighted by Gasteiger charge is 2.24. The molecule has 140 valence electrons. The first-order valence-corrected chi connectivity index (χ1v) is 9.41. The number of benzene rings is 1. The Morgan fingerprint density at radius 2 is 1.96 bits per heavy atom. The van der Waals surface area contributed by atoms with Gasteiger partial charge in [-0.25, -0.2) is 4.79 Å². The maximum Gasteiger partial charge on any atom is 0.317 e. The second kappa shape index (κ2) is 9.66. The van der Waals surface area contributed by atoms with E-state index in [1.165, 1.54) is 5.56 Å². The van der Waals surface area contributed by atoms with Crippen molar-refractivity contribution in [3.63, 3.8) is 0 Å². The molecule has 5 heteroatoms. The first-order chi connectivity index (χ1) is 12.1. The predicted molar refractivity (Wildman–Crippen MR) is 102 cm³/mol. The lowest BCUT2D eigenvalue weighted by Gasteiger charge is -2.36. The van der Waals surface area contributed by atoms with Crippen molar-refractivity contribution >= 4 is 6.03 Å². The molecule has 2 rings (SSSR count). The Hall–Kier alpha value is -1.75. The van der Waals surface area contributed by atoms with Crippen molar-refractivity contribution in [3.8, 4) is 5.75 Å². The number of rotatable bonds is 7. The van der Waals surface area contributed by atoms with Crippen LogP contribution in [0.3, 0.4) is 0 Å². The fourth-order valence-electron chi connectivity index (χ4n) is 3.66. The Bertz CT molecular complexity index is 524. The van der Waals surface area contributed by atoms with E-state index in [0.29, 0.717) is 12.0 Å². The maximum atomic E-state index is 11.7. The summed E-state index contributed by atoms with van der Waals surface area (Å²) in [5, 5.41) is 2.72. The van der Waals surface area contributed by atoms with Gasteiger partial charge in [0.25, 0.3) is 0 Å². The van der Waals surface area contributed by atoms with Gasteiger partial charge in [0.1, 0.15) is 5.75 Å². The van der Waals surface area contributed by atoms with E-state index in [1.807, 2.05) is 17.0 Å². The highest BCUT2D eigenvalue weighted by atomic mass is 16.5. The van der Waals surface area contributed by atoms with E-state index in [4.69, 9.17) is 4.74 Å². The number of nitrogens with zero attached hydrogens (tertiary/aromatic N) is 2. The zero-order valence-corrected chi connectivity index (χ0v) is 16.1. The number of hydrogen-bond acceptors (Lipinski definition) is 3. The molecule has 1 saturated heterocycles. The van der Waals surface area contributed by atoms with Gasteiger partial charge in [-0.2, -0.15) is 0 Å². The first kappa shape index (κ1) is 19.6. The average Bonchev–Trinajstić information content (AvgIpc) is 2.66. The molecule has 1 N–H and O–H groups in total. The molecule has 1 aliphatic heterocycles. The van der Waals surface area contributed by atoms with Crippen LogP contribution in [0.15, 0.2) is 24.3 Å². The molecular weight excluding hydrogens is 314 g/mol. The molecule has 1 aromatic rings. The van der Waals surface area contributed by atoms with Crippen LogP contribution in [-0.2, 0) is 6.42 Å². The van der Waals surface area contributed by atoms with Crippen molar-refractivity contribution in [3.05, 3.63) is 29.8 Å². The van der Waals surface area contributed by atoms with Crippen LogP contribution < -0.4 is 10.1 Å². The number of carbonyl (C=O) groups is 1. The van der Waals surface area contributed by atoms with Gasteiger partial charge >= 0.3 is 6.03 Å². The van der Waals surface area contributed by atoms with Gasteiger partial charge in [-0.3, -0.25) is 0 Å². The van der Waals surface area contributed by atoms with Crippen molar-refractivity contribution < 1.29 is 9.53 Å². The summed E-state index contributed by atoms with van der Waals surface area (Å²) in [4.78, 5) is 16.2. The summed E-state index contributed by atoms with van der Waals surface area (Å²) >= 11 is 0. The van der Waals surface area contributed by atoms with E-state index in [0.717, 1.165) is 51.2 Å². The molecule has 0 aliphatic carbocycles. The monoisotopic (exact) mass is 347 g/mol.